The maximum atomic E-state index is 12.0. The third-order valence-corrected chi connectivity index (χ3v) is 4.84. The first-order valence-corrected chi connectivity index (χ1v) is 8.91. The number of nitrogens with one attached hydrogen (secondary N) is 2. The smallest absolute Gasteiger partial charge is 0.313 e. The lowest BCUT2D eigenvalue weighted by Gasteiger charge is -2.21. The van der Waals surface area contributed by atoms with Crippen molar-refractivity contribution in [3.05, 3.63) is 29.3 Å². The summed E-state index contributed by atoms with van der Waals surface area (Å²) in [5, 5.41) is 5.12. The van der Waals surface area contributed by atoms with Crippen molar-refractivity contribution in [3.8, 4) is 0 Å². The van der Waals surface area contributed by atoms with E-state index < -0.39 is 17.6 Å². The van der Waals surface area contributed by atoms with Crippen molar-refractivity contribution in [1.29, 1.82) is 0 Å². The van der Waals surface area contributed by atoms with Crippen LogP contribution in [-0.4, -0.2) is 42.6 Å². The lowest BCUT2D eigenvalue weighted by molar-refractivity contribution is -0.161. The molecule has 0 aromatic heterocycles. The molecule has 7 nitrogen and oxygen atoms in total. The van der Waals surface area contributed by atoms with Crippen molar-refractivity contribution < 1.29 is 23.9 Å². The third kappa shape index (κ3) is 4.11. The molecule has 1 aliphatic carbocycles. The summed E-state index contributed by atoms with van der Waals surface area (Å²) in [6.07, 6.45) is 3.70. The molecule has 2 fully saturated rings. The summed E-state index contributed by atoms with van der Waals surface area (Å²) in [5.74, 6) is -2.01. The summed E-state index contributed by atoms with van der Waals surface area (Å²) in [5.41, 5.74) is 1.80. The molecular weight excluding hydrogens is 336 g/mol. The number of Topliss-reactive ketones (excluding diaryl/α,β-unsaturated/α-hetero) is 1. The SMILES string of the molecule is CC(=O)c1ccc(NC(=O)C(=O)NCC2COC3(CCCC3)O2)cc1C. The Bertz CT molecular complexity index is 725. The second-order valence-corrected chi connectivity index (χ2v) is 6.92. The first-order chi connectivity index (χ1) is 12.4. The number of hydrogen-bond acceptors (Lipinski definition) is 5. The second-order valence-electron chi connectivity index (χ2n) is 6.92. The maximum Gasteiger partial charge on any atom is 0.313 e. The summed E-state index contributed by atoms with van der Waals surface area (Å²) >= 11 is 0. The van der Waals surface area contributed by atoms with Crippen molar-refractivity contribution in [2.75, 3.05) is 18.5 Å². The van der Waals surface area contributed by atoms with Gasteiger partial charge in [-0.15, -0.1) is 0 Å². The minimum atomic E-state index is -0.755. The second kappa shape index (κ2) is 7.55. The molecule has 1 aromatic carbocycles. The van der Waals surface area contributed by atoms with E-state index in [-0.39, 0.29) is 18.4 Å². The van der Waals surface area contributed by atoms with Crippen molar-refractivity contribution in [1.82, 2.24) is 5.32 Å². The normalized spacial score (nSPS) is 20.9. The average molecular weight is 360 g/mol. The first-order valence-electron chi connectivity index (χ1n) is 8.91. The number of hydrogen-bond donors (Lipinski definition) is 2. The van der Waals surface area contributed by atoms with E-state index in [0.717, 1.165) is 31.2 Å². The summed E-state index contributed by atoms with van der Waals surface area (Å²) in [4.78, 5) is 35.5. The largest absolute Gasteiger partial charge is 0.347 e. The molecule has 2 amide bonds. The average Bonchev–Trinajstić information content (AvgIpc) is 3.22. The Morgan fingerprint density at radius 2 is 1.92 bits per heavy atom. The number of benzene rings is 1. The number of amides is 2. The van der Waals surface area contributed by atoms with Gasteiger partial charge in [0.05, 0.1) is 6.61 Å². The van der Waals surface area contributed by atoms with E-state index in [1.807, 2.05) is 0 Å². The van der Waals surface area contributed by atoms with Crippen LogP contribution >= 0.6 is 0 Å². The van der Waals surface area contributed by atoms with E-state index >= 15 is 0 Å². The molecule has 1 heterocycles. The summed E-state index contributed by atoms with van der Waals surface area (Å²) in [6.45, 7) is 3.92. The van der Waals surface area contributed by atoms with Crippen LogP contribution < -0.4 is 10.6 Å². The number of ether oxygens (including phenoxy) is 2. The Kier molecular flexibility index (Phi) is 5.38. The van der Waals surface area contributed by atoms with Gasteiger partial charge in [-0.25, -0.2) is 0 Å². The van der Waals surface area contributed by atoms with Crippen molar-refractivity contribution >= 4 is 23.3 Å². The molecular formula is C19H24N2O5. The minimum absolute atomic E-state index is 0.0445. The summed E-state index contributed by atoms with van der Waals surface area (Å²) in [7, 11) is 0. The molecule has 1 saturated carbocycles. The van der Waals surface area contributed by atoms with Crippen molar-refractivity contribution in [2.45, 2.75) is 51.4 Å². The van der Waals surface area contributed by atoms with E-state index in [1.54, 1.807) is 25.1 Å². The van der Waals surface area contributed by atoms with E-state index in [0.29, 0.717) is 17.9 Å². The molecule has 2 N–H and O–H groups in total. The molecule has 1 aromatic rings. The quantitative estimate of drug-likeness (QED) is 0.632. The zero-order valence-electron chi connectivity index (χ0n) is 15.1. The van der Waals surface area contributed by atoms with Crippen LogP contribution in [-0.2, 0) is 19.1 Å². The molecule has 0 radical (unpaired) electrons. The maximum absolute atomic E-state index is 12.0. The highest BCUT2D eigenvalue weighted by molar-refractivity contribution is 6.39. The molecule has 1 atom stereocenters. The van der Waals surface area contributed by atoms with Gasteiger partial charge in [0.2, 0.25) is 0 Å². The molecule has 3 rings (SSSR count). The molecule has 7 heteroatoms. The Hall–Kier alpha value is -2.25. The van der Waals surface area contributed by atoms with Crippen LogP contribution in [0, 0.1) is 6.92 Å². The molecule has 26 heavy (non-hydrogen) atoms. The standard InChI is InChI=1S/C19H24N2O5/c1-12-9-14(5-6-16(12)13(2)22)21-18(24)17(23)20-10-15-11-25-19(26-15)7-3-4-8-19/h5-6,9,15H,3-4,7-8,10-11H2,1-2H3,(H,20,23)(H,21,24). The minimum Gasteiger partial charge on any atom is -0.347 e. The molecule has 1 unspecified atom stereocenters. The van der Waals surface area contributed by atoms with Gasteiger partial charge in [0.1, 0.15) is 6.10 Å². The van der Waals surface area contributed by atoms with Crippen molar-refractivity contribution in [2.24, 2.45) is 0 Å². The predicted molar refractivity (Wildman–Crippen MR) is 94.8 cm³/mol. The van der Waals surface area contributed by atoms with Gasteiger partial charge in [0.15, 0.2) is 11.6 Å². The fourth-order valence-electron chi connectivity index (χ4n) is 3.50. The fourth-order valence-corrected chi connectivity index (χ4v) is 3.50. The zero-order valence-corrected chi connectivity index (χ0v) is 15.1. The Morgan fingerprint density at radius 3 is 2.58 bits per heavy atom. The number of carbonyl (C=O) groups is 3. The van der Waals surface area contributed by atoms with Gasteiger partial charge in [-0.3, -0.25) is 14.4 Å². The molecule has 2 aliphatic rings. The van der Waals surface area contributed by atoms with E-state index in [1.165, 1.54) is 6.92 Å². The van der Waals surface area contributed by atoms with E-state index in [4.69, 9.17) is 9.47 Å². The van der Waals surface area contributed by atoms with Crippen LogP contribution in [0.15, 0.2) is 18.2 Å². The highest BCUT2D eigenvalue weighted by Gasteiger charge is 2.43. The molecule has 140 valence electrons. The number of ketones is 1. The lowest BCUT2D eigenvalue weighted by atomic mass is 10.0. The van der Waals surface area contributed by atoms with Gasteiger partial charge in [0.25, 0.3) is 0 Å². The summed E-state index contributed by atoms with van der Waals surface area (Å²) in [6, 6.07) is 4.91. The topological polar surface area (TPSA) is 93.7 Å². The third-order valence-electron chi connectivity index (χ3n) is 4.84. The Balaban J connectivity index is 1.48. The summed E-state index contributed by atoms with van der Waals surface area (Å²) < 4.78 is 11.7. The number of aryl methyl sites for hydroxylation is 1. The van der Waals surface area contributed by atoms with Crippen LogP contribution in [0.25, 0.3) is 0 Å². The number of anilines is 1. The van der Waals surface area contributed by atoms with Crippen LogP contribution in [0.4, 0.5) is 5.69 Å². The first kappa shape index (κ1) is 18.5. The van der Waals surface area contributed by atoms with Gasteiger partial charge in [-0.2, -0.15) is 0 Å². The van der Waals surface area contributed by atoms with Gasteiger partial charge in [0, 0.05) is 30.6 Å². The molecule has 0 bridgehead atoms. The van der Waals surface area contributed by atoms with Crippen LogP contribution in [0.5, 0.6) is 0 Å². The number of rotatable bonds is 4. The van der Waals surface area contributed by atoms with Gasteiger partial charge >= 0.3 is 11.8 Å². The van der Waals surface area contributed by atoms with Crippen LogP contribution in [0.3, 0.4) is 0 Å². The highest BCUT2D eigenvalue weighted by atomic mass is 16.7. The zero-order chi connectivity index (χ0) is 18.7. The van der Waals surface area contributed by atoms with E-state index in [2.05, 4.69) is 10.6 Å². The molecule has 1 aliphatic heterocycles. The number of carbonyl (C=O) groups excluding carboxylic acids is 3. The van der Waals surface area contributed by atoms with E-state index in [9.17, 15) is 14.4 Å². The molecule has 1 spiro atoms. The predicted octanol–water partition coefficient (Wildman–Crippen LogP) is 1.94. The van der Waals surface area contributed by atoms with Gasteiger partial charge < -0.3 is 20.1 Å². The Morgan fingerprint density at radius 1 is 1.19 bits per heavy atom. The highest BCUT2D eigenvalue weighted by Crippen LogP contribution is 2.38. The monoisotopic (exact) mass is 360 g/mol. The van der Waals surface area contributed by atoms with Crippen molar-refractivity contribution in [3.63, 3.8) is 0 Å². The van der Waals surface area contributed by atoms with Gasteiger partial charge in [-0.05, 0) is 50.5 Å². The fraction of sp³-hybridized carbons (Fsp3) is 0.526. The van der Waals surface area contributed by atoms with Crippen LogP contribution in [0.1, 0.15) is 48.5 Å². The lowest BCUT2D eigenvalue weighted by Crippen LogP contribution is -2.40. The molecule has 1 saturated heterocycles. The Labute approximate surface area is 152 Å². The van der Waals surface area contributed by atoms with Crippen LogP contribution in [0.2, 0.25) is 0 Å². The van der Waals surface area contributed by atoms with Gasteiger partial charge in [-0.1, -0.05) is 0 Å².